The van der Waals surface area contributed by atoms with Gasteiger partial charge in [0.1, 0.15) is 12.1 Å². The van der Waals surface area contributed by atoms with E-state index in [1.54, 1.807) is 13.8 Å². The van der Waals surface area contributed by atoms with Gasteiger partial charge in [-0.05, 0) is 99.7 Å². The maximum Gasteiger partial charge on any atom is 0.303 e. The van der Waals surface area contributed by atoms with Gasteiger partial charge < -0.3 is 18.4 Å². The molecule has 0 aromatic carbocycles. The molecule has 232 valence electrons. The van der Waals surface area contributed by atoms with Crippen LogP contribution in [0.15, 0.2) is 0 Å². The van der Waals surface area contributed by atoms with Gasteiger partial charge in [0.05, 0.1) is 40.3 Å². The minimum absolute atomic E-state index is 0.0462. The van der Waals surface area contributed by atoms with E-state index in [1.807, 2.05) is 0 Å². The van der Waals surface area contributed by atoms with Crippen molar-refractivity contribution in [3.8, 4) is 0 Å². The van der Waals surface area contributed by atoms with Crippen molar-refractivity contribution in [2.24, 2.45) is 34.5 Å². The molecular weight excluding hydrogens is 512 g/mol. The number of likely N-dealkylation sites (N-methyl/N-ethyl adjacent to an activating group) is 2. The normalized spacial score (nSPS) is 46.9. The van der Waals surface area contributed by atoms with E-state index in [0.29, 0.717) is 35.3 Å². The number of hydrogen-bond acceptors (Lipinski definition) is 4. The monoisotopic (exact) mass is 572 g/mol. The van der Waals surface area contributed by atoms with E-state index >= 15 is 0 Å². The lowest BCUT2D eigenvalue weighted by Crippen LogP contribution is -2.66. The fraction of sp³-hybridized carbons (Fsp3) is 0.943. The van der Waals surface area contributed by atoms with Gasteiger partial charge in [-0.2, -0.15) is 0 Å². The van der Waals surface area contributed by atoms with Crippen LogP contribution in [0, 0.1) is 34.5 Å². The molecule has 4 saturated carbocycles. The molecule has 0 amide bonds. The SMILES string of the molecule is CC(=O)O[C@H]1C[C@@H]2CCC3C4CC([N+]5(C)CCCCC5)[C@H](OC(C)=O)[C@@]4(C)CCC3[C@@]2(C)CC1[N+]1(C)CCCCC1. The smallest absolute Gasteiger partial charge is 0.303 e. The van der Waals surface area contributed by atoms with Crippen LogP contribution in [-0.2, 0) is 19.1 Å². The van der Waals surface area contributed by atoms with Gasteiger partial charge in [0.25, 0.3) is 0 Å². The number of piperidine rings is 2. The molecule has 2 heterocycles. The number of nitrogens with zero attached hydrogens (tertiary/aromatic N) is 2. The summed E-state index contributed by atoms with van der Waals surface area (Å²) >= 11 is 0. The van der Waals surface area contributed by atoms with Gasteiger partial charge in [-0.1, -0.05) is 13.8 Å². The molecule has 0 radical (unpaired) electrons. The zero-order chi connectivity index (χ0) is 29.2. The average molecular weight is 573 g/mol. The van der Waals surface area contributed by atoms with E-state index in [2.05, 4.69) is 27.9 Å². The molecule has 6 heteroatoms. The minimum Gasteiger partial charge on any atom is -0.456 e. The van der Waals surface area contributed by atoms with Crippen molar-refractivity contribution >= 4 is 11.9 Å². The number of ether oxygens (including phenoxy) is 2. The van der Waals surface area contributed by atoms with E-state index in [9.17, 15) is 9.59 Å². The van der Waals surface area contributed by atoms with Crippen LogP contribution in [-0.4, -0.2) is 85.5 Å². The second-order valence-electron chi connectivity index (χ2n) is 16.7. The maximum atomic E-state index is 12.5. The van der Waals surface area contributed by atoms with Crippen LogP contribution >= 0.6 is 0 Å². The topological polar surface area (TPSA) is 52.6 Å². The van der Waals surface area contributed by atoms with E-state index in [0.717, 1.165) is 21.3 Å². The zero-order valence-electron chi connectivity index (χ0n) is 27.2. The second-order valence-corrected chi connectivity index (χ2v) is 16.7. The molecule has 10 atom stereocenters. The standard InChI is InChI=1S/C35H60N2O4/c1-24(38)40-32-21-26-13-14-27-28(35(26,4)23-31(32)37(6)19-11-8-12-20-37)15-16-34(3)29(27)22-30(33(34)41-25(2)39)36(5)17-9-7-10-18-36/h26-33H,7-23H2,1-6H3/q+2/t26-,27?,28?,29?,30?,31?,32-,33-,34-,35-/m0/s1. The molecule has 6 nitrogen and oxygen atoms in total. The minimum atomic E-state index is -0.0998. The van der Waals surface area contributed by atoms with Crippen molar-refractivity contribution in [3.63, 3.8) is 0 Å². The Labute approximate surface area is 250 Å². The molecule has 41 heavy (non-hydrogen) atoms. The number of esters is 2. The molecular formula is C35H60N2O4+2. The Balaban J connectivity index is 1.31. The number of rotatable bonds is 4. The van der Waals surface area contributed by atoms with Crippen molar-refractivity contribution in [3.05, 3.63) is 0 Å². The highest BCUT2D eigenvalue weighted by Gasteiger charge is 2.68. The summed E-state index contributed by atoms with van der Waals surface area (Å²) < 4.78 is 14.7. The van der Waals surface area contributed by atoms with Crippen LogP contribution in [0.3, 0.4) is 0 Å². The highest BCUT2D eigenvalue weighted by atomic mass is 16.5. The van der Waals surface area contributed by atoms with Gasteiger partial charge in [0.2, 0.25) is 0 Å². The van der Waals surface area contributed by atoms with Gasteiger partial charge in [0.15, 0.2) is 12.2 Å². The Morgan fingerprint density at radius 3 is 1.85 bits per heavy atom. The van der Waals surface area contributed by atoms with Crippen LogP contribution in [0.4, 0.5) is 0 Å². The molecule has 0 aromatic rings. The predicted molar refractivity (Wildman–Crippen MR) is 161 cm³/mol. The molecule has 0 aromatic heterocycles. The Hall–Kier alpha value is -1.14. The Morgan fingerprint density at radius 2 is 1.27 bits per heavy atom. The third-order valence-corrected chi connectivity index (χ3v) is 14.5. The molecule has 0 N–H and O–H groups in total. The lowest BCUT2D eigenvalue weighted by molar-refractivity contribution is -0.943. The van der Waals surface area contributed by atoms with E-state index < -0.39 is 0 Å². The van der Waals surface area contributed by atoms with Crippen molar-refractivity contribution in [2.45, 2.75) is 135 Å². The summed E-state index contributed by atoms with van der Waals surface area (Å²) in [4.78, 5) is 24.8. The number of hydrogen-bond donors (Lipinski definition) is 0. The third kappa shape index (κ3) is 4.99. The van der Waals surface area contributed by atoms with Crippen LogP contribution in [0.2, 0.25) is 0 Å². The predicted octanol–water partition coefficient (Wildman–Crippen LogP) is 6.11. The van der Waals surface area contributed by atoms with Crippen molar-refractivity contribution in [1.29, 1.82) is 0 Å². The van der Waals surface area contributed by atoms with Crippen molar-refractivity contribution < 1.29 is 28.0 Å². The molecule has 6 fully saturated rings. The molecule has 4 aliphatic carbocycles. The molecule has 6 aliphatic rings. The molecule has 6 rings (SSSR count). The molecule has 0 bridgehead atoms. The Kier molecular flexibility index (Phi) is 7.87. The summed E-state index contributed by atoms with van der Waals surface area (Å²) in [6.45, 7) is 13.3. The zero-order valence-corrected chi connectivity index (χ0v) is 27.2. The molecule has 0 spiro atoms. The number of carbonyl (C=O) groups excluding carboxylic acids is 2. The van der Waals surface area contributed by atoms with Gasteiger partial charge >= 0.3 is 11.9 Å². The third-order valence-electron chi connectivity index (χ3n) is 14.5. The summed E-state index contributed by atoms with van der Waals surface area (Å²) in [6, 6.07) is 0.846. The molecule has 2 aliphatic heterocycles. The fourth-order valence-corrected chi connectivity index (χ4v) is 12.3. The first kappa shape index (κ1) is 29.9. The number of likely N-dealkylation sites (tertiary alicyclic amines) is 2. The summed E-state index contributed by atoms with van der Waals surface area (Å²) in [6.07, 6.45) is 16.4. The molecule has 5 unspecified atom stereocenters. The van der Waals surface area contributed by atoms with Gasteiger partial charge in [0, 0.05) is 32.1 Å². The summed E-state index contributed by atoms with van der Waals surface area (Å²) in [5.74, 6) is 2.52. The van der Waals surface area contributed by atoms with Crippen LogP contribution < -0.4 is 0 Å². The average Bonchev–Trinajstić information content (AvgIpc) is 3.21. The lowest BCUT2D eigenvalue weighted by atomic mass is 9.44. The van der Waals surface area contributed by atoms with E-state index in [-0.39, 0.29) is 29.6 Å². The first-order valence-electron chi connectivity index (χ1n) is 17.4. The quantitative estimate of drug-likeness (QED) is 0.301. The van der Waals surface area contributed by atoms with Gasteiger partial charge in [-0.25, -0.2) is 0 Å². The fourth-order valence-electron chi connectivity index (χ4n) is 12.3. The molecule has 2 saturated heterocycles. The van der Waals surface area contributed by atoms with Crippen molar-refractivity contribution in [1.82, 2.24) is 0 Å². The number of quaternary nitrogens is 2. The Bertz CT molecular complexity index is 1000. The second kappa shape index (κ2) is 10.8. The highest BCUT2D eigenvalue weighted by molar-refractivity contribution is 5.66. The highest BCUT2D eigenvalue weighted by Crippen LogP contribution is 2.68. The summed E-state index contributed by atoms with van der Waals surface area (Å²) in [5.41, 5.74) is 0.377. The van der Waals surface area contributed by atoms with Gasteiger partial charge in [-0.3, -0.25) is 9.59 Å². The Morgan fingerprint density at radius 1 is 0.683 bits per heavy atom. The largest absolute Gasteiger partial charge is 0.456 e. The number of fused-ring (bicyclic) bond motifs is 5. The van der Waals surface area contributed by atoms with Crippen LogP contribution in [0.1, 0.15) is 111 Å². The van der Waals surface area contributed by atoms with Crippen LogP contribution in [0.25, 0.3) is 0 Å². The van der Waals surface area contributed by atoms with E-state index in [1.165, 1.54) is 103 Å². The first-order chi connectivity index (χ1) is 19.4. The van der Waals surface area contributed by atoms with Gasteiger partial charge in [-0.15, -0.1) is 0 Å². The van der Waals surface area contributed by atoms with Crippen molar-refractivity contribution in [2.75, 3.05) is 40.3 Å². The summed E-state index contributed by atoms with van der Waals surface area (Å²) in [7, 11) is 4.94. The summed E-state index contributed by atoms with van der Waals surface area (Å²) in [5, 5.41) is 0. The van der Waals surface area contributed by atoms with Crippen LogP contribution in [0.5, 0.6) is 0 Å². The maximum absolute atomic E-state index is 12.5. The van der Waals surface area contributed by atoms with E-state index in [4.69, 9.17) is 9.47 Å². The number of carbonyl (C=O) groups is 2. The first-order valence-corrected chi connectivity index (χ1v) is 17.4. The lowest BCUT2D eigenvalue weighted by Gasteiger charge is -2.63.